The van der Waals surface area contributed by atoms with Gasteiger partial charge in [0.25, 0.3) is 0 Å². The van der Waals surface area contributed by atoms with Gasteiger partial charge in [0.15, 0.2) is 0 Å². The molecule has 0 heterocycles. The minimum atomic E-state index is 0. The SMILES string of the molecule is ClOCl.[Ta]. The summed E-state index contributed by atoms with van der Waals surface area (Å²) >= 11 is 8.53. The van der Waals surface area contributed by atoms with Crippen LogP contribution in [-0.2, 0) is 26.2 Å². The molecule has 0 N–H and O–H groups in total. The molecule has 0 amide bonds. The first kappa shape index (κ1) is 8.99. The van der Waals surface area contributed by atoms with Gasteiger partial charge in [0.2, 0.25) is 0 Å². The topological polar surface area (TPSA) is 9.23 Å². The van der Waals surface area contributed by atoms with E-state index in [0.717, 1.165) is 0 Å². The number of hydrogen-bond acceptors (Lipinski definition) is 1. The fourth-order valence-corrected chi connectivity index (χ4v) is 0. The van der Waals surface area contributed by atoms with Crippen LogP contribution in [0.25, 0.3) is 0 Å². The van der Waals surface area contributed by atoms with Crippen LogP contribution in [0.1, 0.15) is 0 Å². The monoisotopic (exact) mass is 267 g/mol. The van der Waals surface area contributed by atoms with Gasteiger partial charge in [-0.05, 0) is 0 Å². The Morgan fingerprint density at radius 3 is 1.25 bits per heavy atom. The third kappa shape index (κ3) is 10.4. The minimum absolute atomic E-state index is 0. The van der Waals surface area contributed by atoms with Crippen LogP contribution in [-0.4, -0.2) is 0 Å². The molecule has 0 rings (SSSR count). The summed E-state index contributed by atoms with van der Waals surface area (Å²) in [4.78, 5) is 0. The van der Waals surface area contributed by atoms with Crippen molar-refractivity contribution in [3.8, 4) is 0 Å². The summed E-state index contributed by atoms with van der Waals surface area (Å²) in [7, 11) is 0. The van der Waals surface area contributed by atoms with Crippen LogP contribution < -0.4 is 0 Å². The van der Waals surface area contributed by atoms with E-state index in [0.29, 0.717) is 0 Å². The summed E-state index contributed by atoms with van der Waals surface area (Å²) in [6.45, 7) is 0. The molecule has 0 aromatic heterocycles. The molecule has 0 aliphatic carbocycles. The van der Waals surface area contributed by atoms with Crippen LogP contribution >= 0.6 is 23.7 Å². The van der Waals surface area contributed by atoms with Gasteiger partial charge >= 0.3 is 0 Å². The van der Waals surface area contributed by atoms with E-state index >= 15 is 0 Å². The summed E-state index contributed by atoms with van der Waals surface area (Å²) < 4.78 is 3.19. The van der Waals surface area contributed by atoms with E-state index in [-0.39, 0.29) is 22.4 Å². The predicted molar refractivity (Wildman–Crippen MR) is 12.8 cm³/mol. The van der Waals surface area contributed by atoms with E-state index in [9.17, 15) is 0 Å². The molecule has 0 spiro atoms. The van der Waals surface area contributed by atoms with Gasteiger partial charge in [-0.1, -0.05) is 0 Å². The second kappa shape index (κ2) is 8.86. The Hall–Kier alpha value is 1.28. The molecule has 0 unspecified atom stereocenters. The molecule has 4 heavy (non-hydrogen) atoms. The van der Waals surface area contributed by atoms with Crippen LogP contribution in [0, 0.1) is 0 Å². The first-order valence-electron chi connectivity index (χ1n) is 0.309. The summed E-state index contributed by atoms with van der Waals surface area (Å²) in [5, 5.41) is 0. The maximum atomic E-state index is 4.26. The molecule has 0 aliphatic heterocycles. The summed E-state index contributed by atoms with van der Waals surface area (Å²) in [6.07, 6.45) is 0. The molecule has 0 aromatic rings. The Labute approximate surface area is 50.1 Å². The molecular formula is Cl2OTa. The largest absolute Gasteiger partial charge is 0.166 e. The molecule has 0 aromatic carbocycles. The van der Waals surface area contributed by atoms with Gasteiger partial charge in [0.1, 0.15) is 0 Å². The molecule has 4 heteroatoms. The van der Waals surface area contributed by atoms with E-state index in [2.05, 4.69) is 27.6 Å². The van der Waals surface area contributed by atoms with Crippen LogP contribution in [0.15, 0.2) is 0 Å². The van der Waals surface area contributed by atoms with E-state index in [1.54, 1.807) is 0 Å². The minimum Gasteiger partial charge on any atom is -0.166 e. The van der Waals surface area contributed by atoms with Crippen LogP contribution in [0.5, 0.6) is 0 Å². The van der Waals surface area contributed by atoms with Gasteiger partial charge in [-0.25, -0.2) is 0 Å². The van der Waals surface area contributed by atoms with E-state index in [4.69, 9.17) is 0 Å². The average molecular weight is 268 g/mol. The standard InChI is InChI=1S/Cl2O.Ta/c1-3-2;. The first-order chi connectivity index (χ1) is 1.41. The third-order valence-corrected chi connectivity index (χ3v) is 0. The molecule has 1 nitrogen and oxygen atoms in total. The number of halogens is 2. The Kier molecular flexibility index (Phi) is 19.9. The molecule has 0 atom stereocenters. The molecule has 1 radical (unpaired) electrons. The summed E-state index contributed by atoms with van der Waals surface area (Å²) in [6, 6.07) is 0. The van der Waals surface area contributed by atoms with Crippen molar-refractivity contribution in [3.63, 3.8) is 0 Å². The molecule has 0 saturated carbocycles. The maximum Gasteiger partial charge on any atom is 0.0832 e. The Bertz CT molecular complexity index is 6.00. The Balaban J connectivity index is 0. The van der Waals surface area contributed by atoms with Gasteiger partial charge in [0.05, 0.1) is 23.7 Å². The van der Waals surface area contributed by atoms with E-state index < -0.39 is 0 Å². The molecular weight excluding hydrogens is 268 g/mol. The van der Waals surface area contributed by atoms with Crippen molar-refractivity contribution in [1.82, 2.24) is 0 Å². The van der Waals surface area contributed by atoms with Gasteiger partial charge in [-0.3, -0.25) is 0 Å². The summed E-state index contributed by atoms with van der Waals surface area (Å²) in [5.41, 5.74) is 0. The zero-order chi connectivity index (χ0) is 2.71. The molecule has 0 bridgehead atoms. The van der Waals surface area contributed by atoms with Crippen molar-refractivity contribution >= 4 is 23.7 Å². The van der Waals surface area contributed by atoms with Crippen LogP contribution in [0.4, 0.5) is 0 Å². The molecule has 25 valence electrons. The van der Waals surface area contributed by atoms with E-state index in [1.165, 1.54) is 0 Å². The van der Waals surface area contributed by atoms with Crippen molar-refractivity contribution in [2.75, 3.05) is 0 Å². The Morgan fingerprint density at radius 2 is 1.25 bits per heavy atom. The second-order valence-corrected chi connectivity index (χ2v) is 0.525. The third-order valence-electron chi connectivity index (χ3n) is 0. The van der Waals surface area contributed by atoms with Crippen molar-refractivity contribution in [2.24, 2.45) is 0 Å². The van der Waals surface area contributed by atoms with Crippen LogP contribution in [0.3, 0.4) is 0 Å². The fourth-order valence-electron chi connectivity index (χ4n) is 0. The zero-order valence-corrected chi connectivity index (χ0v) is 6.34. The van der Waals surface area contributed by atoms with Gasteiger partial charge in [-0.15, -0.1) is 0 Å². The normalized spacial score (nSPS) is 4.50. The predicted octanol–water partition coefficient (Wildman–Crippen LogP) is 1.31. The van der Waals surface area contributed by atoms with Crippen molar-refractivity contribution < 1.29 is 26.2 Å². The number of hydrogen-bond donors (Lipinski definition) is 0. The van der Waals surface area contributed by atoms with Crippen molar-refractivity contribution in [2.45, 2.75) is 0 Å². The summed E-state index contributed by atoms with van der Waals surface area (Å²) in [5.74, 6) is 0. The smallest absolute Gasteiger partial charge is 0.0832 e. The zero-order valence-electron chi connectivity index (χ0n) is 1.61. The van der Waals surface area contributed by atoms with Gasteiger partial charge < -0.3 is 0 Å². The van der Waals surface area contributed by atoms with Crippen LogP contribution in [0.2, 0.25) is 0 Å². The van der Waals surface area contributed by atoms with Gasteiger partial charge in [-0.2, -0.15) is 3.84 Å². The maximum absolute atomic E-state index is 4.26. The van der Waals surface area contributed by atoms with E-state index in [1.807, 2.05) is 0 Å². The quantitative estimate of drug-likeness (QED) is 0.643. The number of rotatable bonds is 0. The molecule has 0 fully saturated rings. The van der Waals surface area contributed by atoms with Crippen molar-refractivity contribution in [3.05, 3.63) is 0 Å². The second-order valence-electron chi connectivity index (χ2n) is 0.0583. The fraction of sp³-hybridized carbons (Fsp3) is 0. The Morgan fingerprint density at radius 1 is 1.25 bits per heavy atom. The average Bonchev–Trinajstić information content (AvgIpc) is 0.918. The van der Waals surface area contributed by atoms with Crippen molar-refractivity contribution in [1.29, 1.82) is 0 Å². The van der Waals surface area contributed by atoms with Gasteiger partial charge in [0, 0.05) is 22.4 Å². The molecule has 0 aliphatic rings. The molecule has 0 saturated heterocycles. The first-order valence-corrected chi connectivity index (χ1v) is 0.926.